The number of carbonyl (C=O) groups is 1. The van der Waals surface area contributed by atoms with Gasteiger partial charge in [0.25, 0.3) is 0 Å². The van der Waals surface area contributed by atoms with Crippen molar-refractivity contribution in [3.63, 3.8) is 0 Å². The van der Waals surface area contributed by atoms with Gasteiger partial charge in [-0.3, -0.25) is 0 Å². The lowest BCUT2D eigenvalue weighted by molar-refractivity contribution is -0.141. The van der Waals surface area contributed by atoms with E-state index in [4.69, 9.17) is 4.74 Å². The second kappa shape index (κ2) is 7.01. The Morgan fingerprint density at radius 2 is 1.83 bits per heavy atom. The van der Waals surface area contributed by atoms with Gasteiger partial charge in [0.1, 0.15) is 11.3 Å². The molecule has 6 nitrogen and oxygen atoms in total. The molecule has 1 rings (SSSR count). The molecule has 0 atom stereocenters. The van der Waals surface area contributed by atoms with E-state index in [1.165, 1.54) is 9.80 Å². The fourth-order valence-electron chi connectivity index (χ4n) is 1.52. The third-order valence-corrected chi connectivity index (χ3v) is 2.75. The van der Waals surface area contributed by atoms with Gasteiger partial charge < -0.3 is 14.5 Å². The Morgan fingerprint density at radius 1 is 1.22 bits per heavy atom. The van der Waals surface area contributed by atoms with Gasteiger partial charge in [-0.15, -0.1) is 0 Å². The van der Waals surface area contributed by atoms with Crippen LogP contribution >= 0.6 is 0 Å². The Hall–Kier alpha value is -2.06. The molecule has 0 unspecified atom stereocenters. The molecular formula is C14H21F3N4O2. The second-order valence-corrected chi connectivity index (χ2v) is 6.06. The van der Waals surface area contributed by atoms with Crippen molar-refractivity contribution in [1.29, 1.82) is 0 Å². The predicted octanol–water partition coefficient (Wildman–Crippen LogP) is 2.80. The van der Waals surface area contributed by atoms with E-state index in [0.29, 0.717) is 0 Å². The first-order chi connectivity index (χ1) is 10.4. The Kier molecular flexibility index (Phi) is 5.79. The number of aromatic nitrogens is 2. The topological polar surface area (TPSA) is 58.6 Å². The van der Waals surface area contributed by atoms with Crippen molar-refractivity contribution in [2.75, 3.05) is 32.1 Å². The minimum atomic E-state index is -4.52. The molecule has 1 amide bonds. The maximum Gasteiger partial charge on any atom is 0.433 e. The largest absolute Gasteiger partial charge is 0.444 e. The number of rotatable bonds is 4. The van der Waals surface area contributed by atoms with E-state index >= 15 is 0 Å². The molecule has 0 N–H and O–H groups in total. The molecule has 23 heavy (non-hydrogen) atoms. The molecule has 0 saturated carbocycles. The van der Waals surface area contributed by atoms with Gasteiger partial charge in [0.05, 0.1) is 0 Å². The summed E-state index contributed by atoms with van der Waals surface area (Å²) in [4.78, 5) is 21.9. The summed E-state index contributed by atoms with van der Waals surface area (Å²) < 4.78 is 43.1. The molecule has 130 valence electrons. The summed E-state index contributed by atoms with van der Waals surface area (Å²) >= 11 is 0. The molecule has 0 fully saturated rings. The monoisotopic (exact) mass is 334 g/mol. The van der Waals surface area contributed by atoms with E-state index < -0.39 is 23.6 Å². The van der Waals surface area contributed by atoms with Gasteiger partial charge >= 0.3 is 12.3 Å². The van der Waals surface area contributed by atoms with Crippen LogP contribution in [0.25, 0.3) is 0 Å². The summed E-state index contributed by atoms with van der Waals surface area (Å²) in [6, 6.07) is 0.810. The summed E-state index contributed by atoms with van der Waals surface area (Å²) in [6.45, 7) is 5.77. The molecule has 0 saturated heterocycles. The van der Waals surface area contributed by atoms with E-state index in [2.05, 4.69) is 9.97 Å². The summed E-state index contributed by atoms with van der Waals surface area (Å²) in [7, 11) is 3.10. The van der Waals surface area contributed by atoms with Crippen molar-refractivity contribution in [2.45, 2.75) is 32.5 Å². The number of hydrogen-bond acceptors (Lipinski definition) is 5. The van der Waals surface area contributed by atoms with Crippen LogP contribution in [0.1, 0.15) is 26.5 Å². The van der Waals surface area contributed by atoms with E-state index in [1.54, 1.807) is 34.9 Å². The van der Waals surface area contributed by atoms with Crippen molar-refractivity contribution < 1.29 is 22.7 Å². The zero-order valence-corrected chi connectivity index (χ0v) is 13.8. The van der Waals surface area contributed by atoms with Crippen LogP contribution in [0.3, 0.4) is 0 Å². The first kappa shape index (κ1) is 19.0. The molecule has 1 aromatic rings. The highest BCUT2D eigenvalue weighted by Crippen LogP contribution is 2.27. The van der Waals surface area contributed by atoms with Crippen LogP contribution in [-0.4, -0.2) is 53.7 Å². The molecule has 0 spiro atoms. The van der Waals surface area contributed by atoms with Gasteiger partial charge in [0.2, 0.25) is 5.95 Å². The van der Waals surface area contributed by atoms with Crippen LogP contribution in [0.4, 0.5) is 23.9 Å². The second-order valence-electron chi connectivity index (χ2n) is 6.06. The molecule has 0 aliphatic rings. The maximum absolute atomic E-state index is 12.6. The van der Waals surface area contributed by atoms with E-state index in [-0.39, 0.29) is 19.0 Å². The molecule has 1 heterocycles. The summed E-state index contributed by atoms with van der Waals surface area (Å²) in [5, 5.41) is 0. The Labute approximate surface area is 133 Å². The van der Waals surface area contributed by atoms with Crippen LogP contribution in [0, 0.1) is 0 Å². The molecule has 0 bridgehead atoms. The highest BCUT2D eigenvalue weighted by Gasteiger charge is 2.33. The molecule has 0 aliphatic heterocycles. The molecule has 9 heteroatoms. The van der Waals surface area contributed by atoms with Crippen LogP contribution in [0.5, 0.6) is 0 Å². The zero-order valence-electron chi connectivity index (χ0n) is 13.8. The van der Waals surface area contributed by atoms with E-state index in [0.717, 1.165) is 12.3 Å². The van der Waals surface area contributed by atoms with Crippen LogP contribution in [0.15, 0.2) is 12.3 Å². The van der Waals surface area contributed by atoms with Gasteiger partial charge in [0, 0.05) is 33.4 Å². The summed E-state index contributed by atoms with van der Waals surface area (Å²) in [5.41, 5.74) is -1.61. The average Bonchev–Trinajstić information content (AvgIpc) is 2.41. The van der Waals surface area contributed by atoms with Crippen LogP contribution in [-0.2, 0) is 10.9 Å². The van der Waals surface area contributed by atoms with Crippen molar-refractivity contribution in [3.05, 3.63) is 18.0 Å². The number of alkyl halides is 3. The smallest absolute Gasteiger partial charge is 0.433 e. The highest BCUT2D eigenvalue weighted by atomic mass is 19.4. The number of anilines is 1. The Bertz CT molecular complexity index is 544. The number of ether oxygens (including phenoxy) is 1. The minimum Gasteiger partial charge on any atom is -0.444 e. The minimum absolute atomic E-state index is 0.0580. The normalized spacial score (nSPS) is 12.0. The van der Waals surface area contributed by atoms with Crippen molar-refractivity contribution in [3.8, 4) is 0 Å². The number of likely N-dealkylation sites (N-methyl/N-ethyl adjacent to an activating group) is 2. The van der Waals surface area contributed by atoms with Gasteiger partial charge in [-0.2, -0.15) is 13.2 Å². The number of hydrogen-bond donors (Lipinski definition) is 0. The Morgan fingerprint density at radius 3 is 2.35 bits per heavy atom. The van der Waals surface area contributed by atoms with Gasteiger partial charge in [-0.25, -0.2) is 14.8 Å². The fourth-order valence-corrected chi connectivity index (χ4v) is 1.52. The maximum atomic E-state index is 12.6. The first-order valence-electron chi connectivity index (χ1n) is 6.95. The Balaban J connectivity index is 2.63. The van der Waals surface area contributed by atoms with Crippen LogP contribution < -0.4 is 4.90 Å². The lowest BCUT2D eigenvalue weighted by Gasteiger charge is -2.26. The predicted molar refractivity (Wildman–Crippen MR) is 79.2 cm³/mol. The van der Waals surface area contributed by atoms with Crippen molar-refractivity contribution in [1.82, 2.24) is 14.9 Å². The molecule has 0 aliphatic carbocycles. The molecule has 1 aromatic heterocycles. The number of halogens is 3. The lowest BCUT2D eigenvalue weighted by Crippen LogP contribution is -2.38. The molecular weight excluding hydrogens is 313 g/mol. The standard InChI is InChI=1S/C14H21F3N4O2/c1-13(2,3)23-12(22)21(5)9-8-20(4)11-18-7-6-10(19-11)14(15,16)17/h6-7H,8-9H2,1-5H3. The zero-order chi connectivity index (χ0) is 17.8. The SMILES string of the molecule is CN(CCN(C)c1nccc(C(F)(F)F)n1)C(=O)OC(C)(C)C. The van der Waals surface area contributed by atoms with Crippen molar-refractivity contribution in [2.24, 2.45) is 0 Å². The fraction of sp³-hybridized carbons (Fsp3) is 0.643. The van der Waals surface area contributed by atoms with Crippen molar-refractivity contribution >= 4 is 12.0 Å². The first-order valence-corrected chi connectivity index (χ1v) is 6.95. The quantitative estimate of drug-likeness (QED) is 0.847. The third-order valence-electron chi connectivity index (χ3n) is 2.75. The van der Waals surface area contributed by atoms with E-state index in [9.17, 15) is 18.0 Å². The summed E-state index contributed by atoms with van der Waals surface area (Å²) in [5.74, 6) is -0.0580. The summed E-state index contributed by atoms with van der Waals surface area (Å²) in [6.07, 6.45) is -3.97. The van der Waals surface area contributed by atoms with Crippen LogP contribution in [0.2, 0.25) is 0 Å². The number of amides is 1. The van der Waals surface area contributed by atoms with Gasteiger partial charge in [0.15, 0.2) is 0 Å². The highest BCUT2D eigenvalue weighted by molar-refractivity contribution is 5.67. The van der Waals surface area contributed by atoms with E-state index in [1.807, 2.05) is 0 Å². The van der Waals surface area contributed by atoms with Gasteiger partial charge in [-0.1, -0.05) is 0 Å². The third kappa shape index (κ3) is 6.29. The number of carbonyl (C=O) groups excluding carboxylic acids is 1. The molecule has 0 radical (unpaired) electrons. The number of nitrogens with zero attached hydrogens (tertiary/aromatic N) is 4. The lowest BCUT2D eigenvalue weighted by atomic mass is 10.2. The average molecular weight is 334 g/mol. The molecule has 0 aromatic carbocycles. The van der Waals surface area contributed by atoms with Gasteiger partial charge in [-0.05, 0) is 26.8 Å².